The average molecular weight is 399 g/mol. The van der Waals surface area contributed by atoms with Gasteiger partial charge in [-0.1, -0.05) is 6.92 Å². The van der Waals surface area contributed by atoms with Crippen LogP contribution in [0, 0.1) is 5.41 Å². The number of amides is 1. The van der Waals surface area contributed by atoms with E-state index in [1.54, 1.807) is 0 Å². The summed E-state index contributed by atoms with van der Waals surface area (Å²) in [4.78, 5) is 19.3. The number of ether oxygens (including phenoxy) is 1. The predicted octanol–water partition coefficient (Wildman–Crippen LogP) is 2.01. The Balaban J connectivity index is 1.45. The van der Waals surface area contributed by atoms with Crippen LogP contribution in [0.1, 0.15) is 55.1 Å². The first-order valence-electron chi connectivity index (χ1n) is 10.5. The number of nitrogens with one attached hydrogen (secondary N) is 1. The molecule has 156 valence electrons. The van der Waals surface area contributed by atoms with Gasteiger partial charge in [0.25, 0.3) is 5.91 Å². The van der Waals surface area contributed by atoms with Crippen molar-refractivity contribution in [1.29, 1.82) is 0 Å². The minimum Gasteiger partial charge on any atom is -0.373 e. The molecule has 4 heterocycles. The van der Waals surface area contributed by atoms with Gasteiger partial charge in [0.2, 0.25) is 5.82 Å². The maximum Gasteiger partial charge on any atom is 0.289 e. The van der Waals surface area contributed by atoms with Crippen LogP contribution in [0.15, 0.2) is 24.5 Å². The molecular weight excluding hydrogens is 368 g/mol. The first-order valence-corrected chi connectivity index (χ1v) is 10.5. The highest BCUT2D eigenvalue weighted by atomic mass is 16.5. The minimum absolute atomic E-state index is 0.0216. The fourth-order valence-corrected chi connectivity index (χ4v) is 4.14. The molecule has 1 N–H and O–H groups in total. The van der Waals surface area contributed by atoms with E-state index >= 15 is 0 Å². The lowest BCUT2D eigenvalue weighted by Crippen LogP contribution is -2.44. The summed E-state index contributed by atoms with van der Waals surface area (Å²) in [5.41, 5.74) is 1.31. The summed E-state index contributed by atoms with van der Waals surface area (Å²) in [5.74, 6) is 1.00. The van der Waals surface area contributed by atoms with Gasteiger partial charge in [-0.15, -0.1) is 10.2 Å². The van der Waals surface area contributed by atoms with Gasteiger partial charge in [-0.25, -0.2) is 0 Å². The van der Waals surface area contributed by atoms with Crippen molar-refractivity contribution in [2.24, 2.45) is 5.41 Å². The molecule has 29 heavy (non-hydrogen) atoms. The van der Waals surface area contributed by atoms with Crippen LogP contribution in [0.2, 0.25) is 0 Å². The normalized spacial score (nSPS) is 20.1. The van der Waals surface area contributed by atoms with E-state index in [1.165, 1.54) is 5.56 Å². The highest BCUT2D eigenvalue weighted by Gasteiger charge is 2.39. The van der Waals surface area contributed by atoms with E-state index in [1.807, 2.05) is 23.9 Å². The molecule has 0 saturated carbocycles. The van der Waals surface area contributed by atoms with Crippen LogP contribution in [0.25, 0.3) is 0 Å². The van der Waals surface area contributed by atoms with E-state index in [0.29, 0.717) is 19.0 Å². The molecule has 8 heteroatoms. The number of hydrogen-bond donors (Lipinski definition) is 1. The van der Waals surface area contributed by atoms with E-state index in [2.05, 4.69) is 44.5 Å². The molecule has 2 aliphatic rings. The maximum absolute atomic E-state index is 12.7. The standard InChI is InChI=1S/C21H30N6O2/c1-3-16(2)23-20(28)19-25-24-18-13-29-15-21(14-27(18)19)6-10-26(11-7-21)12-17-4-8-22-9-5-17/h4-5,8-9,16H,3,6-7,10-15H2,1-2H3,(H,23,28). The van der Waals surface area contributed by atoms with Gasteiger partial charge in [-0.05, 0) is 57.0 Å². The number of rotatable bonds is 5. The van der Waals surface area contributed by atoms with Gasteiger partial charge in [-0.3, -0.25) is 14.7 Å². The van der Waals surface area contributed by atoms with Gasteiger partial charge >= 0.3 is 0 Å². The highest BCUT2D eigenvalue weighted by Crippen LogP contribution is 2.36. The third kappa shape index (κ3) is 4.48. The lowest BCUT2D eigenvalue weighted by Gasteiger charge is -2.41. The molecule has 4 rings (SSSR count). The van der Waals surface area contributed by atoms with Crippen molar-refractivity contribution in [2.75, 3.05) is 19.7 Å². The zero-order valence-corrected chi connectivity index (χ0v) is 17.3. The van der Waals surface area contributed by atoms with Crippen molar-refractivity contribution >= 4 is 5.91 Å². The molecule has 1 spiro atoms. The maximum atomic E-state index is 12.7. The number of nitrogens with zero attached hydrogens (tertiary/aromatic N) is 5. The molecule has 1 unspecified atom stereocenters. The molecular formula is C21H30N6O2. The van der Waals surface area contributed by atoms with Gasteiger partial charge in [0.05, 0.1) is 6.61 Å². The Kier molecular flexibility index (Phi) is 5.91. The Morgan fingerprint density at radius 3 is 2.76 bits per heavy atom. The third-order valence-corrected chi connectivity index (χ3v) is 6.23. The fourth-order valence-electron chi connectivity index (χ4n) is 4.14. The van der Waals surface area contributed by atoms with Crippen molar-refractivity contribution in [3.63, 3.8) is 0 Å². The van der Waals surface area contributed by atoms with Crippen LogP contribution in [0.5, 0.6) is 0 Å². The topological polar surface area (TPSA) is 85.2 Å². The second kappa shape index (κ2) is 8.59. The number of aromatic nitrogens is 4. The number of fused-ring (bicyclic) bond motifs is 1. The summed E-state index contributed by atoms with van der Waals surface area (Å²) in [7, 11) is 0. The van der Waals surface area contributed by atoms with E-state index in [-0.39, 0.29) is 17.4 Å². The summed E-state index contributed by atoms with van der Waals surface area (Å²) in [6.07, 6.45) is 6.64. The Morgan fingerprint density at radius 2 is 2.03 bits per heavy atom. The summed E-state index contributed by atoms with van der Waals surface area (Å²) in [5, 5.41) is 11.4. The number of likely N-dealkylation sites (tertiary alicyclic amines) is 1. The lowest BCUT2D eigenvalue weighted by molar-refractivity contribution is -0.00570. The number of pyridine rings is 1. The highest BCUT2D eigenvalue weighted by molar-refractivity contribution is 5.90. The zero-order valence-electron chi connectivity index (χ0n) is 17.3. The molecule has 1 atom stereocenters. The van der Waals surface area contributed by atoms with Crippen LogP contribution < -0.4 is 5.32 Å². The van der Waals surface area contributed by atoms with Crippen LogP contribution >= 0.6 is 0 Å². The lowest BCUT2D eigenvalue weighted by atomic mass is 9.78. The quantitative estimate of drug-likeness (QED) is 0.829. The second-order valence-corrected chi connectivity index (χ2v) is 8.43. The molecule has 1 fully saturated rings. The van der Waals surface area contributed by atoms with Crippen molar-refractivity contribution < 1.29 is 9.53 Å². The molecule has 2 aromatic heterocycles. The van der Waals surface area contributed by atoms with Crippen molar-refractivity contribution in [2.45, 2.75) is 58.8 Å². The van der Waals surface area contributed by atoms with Gasteiger partial charge in [-0.2, -0.15) is 0 Å². The van der Waals surface area contributed by atoms with Crippen LogP contribution in [0.4, 0.5) is 0 Å². The zero-order chi connectivity index (χ0) is 20.3. The number of carbonyl (C=O) groups excluding carboxylic acids is 1. The molecule has 8 nitrogen and oxygen atoms in total. The minimum atomic E-state index is -0.148. The molecule has 2 aliphatic heterocycles. The largest absolute Gasteiger partial charge is 0.373 e. The van der Waals surface area contributed by atoms with Crippen molar-refractivity contribution in [1.82, 2.24) is 30.0 Å². The number of piperidine rings is 1. The monoisotopic (exact) mass is 398 g/mol. The van der Waals surface area contributed by atoms with Gasteiger partial charge in [0.15, 0.2) is 5.82 Å². The first-order chi connectivity index (χ1) is 14.1. The van der Waals surface area contributed by atoms with E-state index in [4.69, 9.17) is 4.74 Å². The van der Waals surface area contributed by atoms with Crippen LogP contribution in [-0.2, 0) is 24.4 Å². The molecule has 0 bridgehead atoms. The Hall–Kier alpha value is -2.32. The third-order valence-electron chi connectivity index (χ3n) is 6.23. The van der Waals surface area contributed by atoms with Gasteiger partial charge in [0.1, 0.15) is 6.61 Å². The second-order valence-electron chi connectivity index (χ2n) is 8.43. The summed E-state index contributed by atoms with van der Waals surface area (Å²) in [6.45, 7) is 8.87. The summed E-state index contributed by atoms with van der Waals surface area (Å²) in [6, 6.07) is 4.26. The molecule has 1 saturated heterocycles. The first kappa shape index (κ1) is 20.0. The predicted molar refractivity (Wildman–Crippen MR) is 108 cm³/mol. The van der Waals surface area contributed by atoms with Crippen LogP contribution in [-0.4, -0.2) is 56.3 Å². The van der Waals surface area contributed by atoms with Crippen molar-refractivity contribution in [3.05, 3.63) is 41.7 Å². The fraction of sp³-hybridized carbons (Fsp3) is 0.619. The Bertz CT molecular complexity index is 829. The van der Waals surface area contributed by atoms with Gasteiger partial charge in [0, 0.05) is 36.9 Å². The summed E-state index contributed by atoms with van der Waals surface area (Å²) >= 11 is 0. The Labute approximate surface area is 171 Å². The van der Waals surface area contributed by atoms with E-state index in [0.717, 1.165) is 51.3 Å². The number of hydrogen-bond acceptors (Lipinski definition) is 6. The molecule has 2 aromatic rings. The average Bonchev–Trinajstić information content (AvgIpc) is 3.04. The Morgan fingerprint density at radius 1 is 1.28 bits per heavy atom. The molecule has 1 amide bonds. The molecule has 0 radical (unpaired) electrons. The molecule has 0 aliphatic carbocycles. The summed E-state index contributed by atoms with van der Waals surface area (Å²) < 4.78 is 7.97. The van der Waals surface area contributed by atoms with Crippen LogP contribution in [0.3, 0.4) is 0 Å². The van der Waals surface area contributed by atoms with Crippen molar-refractivity contribution in [3.8, 4) is 0 Å². The smallest absolute Gasteiger partial charge is 0.289 e. The van der Waals surface area contributed by atoms with Gasteiger partial charge < -0.3 is 14.6 Å². The number of carbonyl (C=O) groups is 1. The SMILES string of the molecule is CCC(C)NC(=O)c1nnc2n1CC1(CCN(Cc3ccncc3)CC1)COC2. The van der Waals surface area contributed by atoms with E-state index < -0.39 is 0 Å². The molecule has 0 aromatic carbocycles. The van der Waals surface area contributed by atoms with E-state index in [9.17, 15) is 4.79 Å².